The molecule has 16 heavy (non-hydrogen) atoms. The van der Waals surface area contributed by atoms with Gasteiger partial charge >= 0.3 is 0 Å². The predicted molar refractivity (Wildman–Crippen MR) is 63.3 cm³/mol. The first-order chi connectivity index (χ1) is 7.62. The highest BCUT2D eigenvalue weighted by atomic mass is 32.2. The number of nitrogens with zero attached hydrogens (tertiary/aromatic N) is 1. The molecule has 1 aromatic carbocycles. The molecule has 0 N–H and O–H groups in total. The Morgan fingerprint density at radius 3 is 2.44 bits per heavy atom. The van der Waals surface area contributed by atoms with Crippen LogP contribution in [-0.2, 0) is 10.0 Å². The molecule has 1 heterocycles. The zero-order valence-electron chi connectivity index (χ0n) is 9.09. The van der Waals surface area contributed by atoms with Gasteiger partial charge in [0.1, 0.15) is 0 Å². The second-order valence-electron chi connectivity index (χ2n) is 3.91. The van der Waals surface area contributed by atoms with Crippen LogP contribution in [0.25, 0.3) is 0 Å². The van der Waals surface area contributed by atoms with Crippen molar-refractivity contribution in [2.75, 3.05) is 6.54 Å². The van der Waals surface area contributed by atoms with E-state index in [0.29, 0.717) is 17.1 Å². The Kier molecular flexibility index (Phi) is 3.01. The van der Waals surface area contributed by atoms with Crippen LogP contribution >= 0.6 is 0 Å². The molecular weight excluding hydrogens is 222 g/mol. The van der Waals surface area contributed by atoms with Crippen LogP contribution in [-0.4, -0.2) is 19.3 Å². The van der Waals surface area contributed by atoms with Crippen molar-refractivity contribution in [1.82, 2.24) is 4.31 Å². The highest BCUT2D eigenvalue weighted by molar-refractivity contribution is 7.89. The van der Waals surface area contributed by atoms with Crippen LogP contribution in [0.1, 0.15) is 19.3 Å². The molecule has 86 valence electrons. The van der Waals surface area contributed by atoms with Gasteiger partial charge in [0.15, 0.2) is 0 Å². The molecule has 0 spiro atoms. The van der Waals surface area contributed by atoms with Crippen LogP contribution in [0.15, 0.2) is 47.5 Å². The third-order valence-corrected chi connectivity index (χ3v) is 4.65. The molecule has 0 saturated carbocycles. The molecule has 1 fully saturated rings. The van der Waals surface area contributed by atoms with Crippen LogP contribution in [0.5, 0.6) is 0 Å². The average molecular weight is 237 g/mol. The zero-order valence-corrected chi connectivity index (χ0v) is 9.91. The minimum Gasteiger partial charge on any atom is -0.271 e. The molecule has 4 heteroatoms. The highest BCUT2D eigenvalue weighted by Gasteiger charge is 2.26. The summed E-state index contributed by atoms with van der Waals surface area (Å²) in [5, 5.41) is 0. The van der Waals surface area contributed by atoms with Crippen molar-refractivity contribution in [2.24, 2.45) is 0 Å². The first kappa shape index (κ1) is 11.2. The van der Waals surface area contributed by atoms with Gasteiger partial charge in [-0.3, -0.25) is 4.31 Å². The third kappa shape index (κ3) is 1.97. The fraction of sp³-hybridized carbons (Fsp3) is 0.333. The van der Waals surface area contributed by atoms with Gasteiger partial charge in [0.05, 0.1) is 4.90 Å². The third-order valence-electron chi connectivity index (χ3n) is 2.76. The maximum atomic E-state index is 12.3. The largest absolute Gasteiger partial charge is 0.271 e. The van der Waals surface area contributed by atoms with E-state index < -0.39 is 10.0 Å². The van der Waals surface area contributed by atoms with Crippen LogP contribution in [0.2, 0.25) is 0 Å². The quantitative estimate of drug-likeness (QED) is 0.792. The van der Waals surface area contributed by atoms with E-state index in [2.05, 4.69) is 6.58 Å². The van der Waals surface area contributed by atoms with Gasteiger partial charge in [-0.15, -0.1) is 0 Å². The molecule has 0 aliphatic carbocycles. The second kappa shape index (κ2) is 4.29. The Hall–Kier alpha value is -1.29. The van der Waals surface area contributed by atoms with Crippen molar-refractivity contribution in [3.05, 3.63) is 42.6 Å². The van der Waals surface area contributed by atoms with Gasteiger partial charge in [-0.05, 0) is 31.4 Å². The van der Waals surface area contributed by atoms with Crippen LogP contribution < -0.4 is 0 Å². The van der Waals surface area contributed by atoms with Crippen molar-refractivity contribution >= 4 is 10.0 Å². The smallest absolute Gasteiger partial charge is 0.264 e. The number of benzene rings is 1. The fourth-order valence-electron chi connectivity index (χ4n) is 1.88. The van der Waals surface area contributed by atoms with Gasteiger partial charge in [-0.1, -0.05) is 24.8 Å². The van der Waals surface area contributed by atoms with E-state index in [9.17, 15) is 8.42 Å². The molecule has 1 saturated heterocycles. The molecule has 1 aromatic rings. The van der Waals surface area contributed by atoms with Gasteiger partial charge in [0.2, 0.25) is 0 Å². The molecule has 0 unspecified atom stereocenters. The summed E-state index contributed by atoms with van der Waals surface area (Å²) >= 11 is 0. The van der Waals surface area contributed by atoms with Gasteiger partial charge in [0.25, 0.3) is 10.0 Å². The lowest BCUT2D eigenvalue weighted by Crippen LogP contribution is -2.33. The van der Waals surface area contributed by atoms with Crippen molar-refractivity contribution < 1.29 is 8.42 Å². The Labute approximate surface area is 96.4 Å². The Morgan fingerprint density at radius 1 is 1.12 bits per heavy atom. The molecule has 0 bridgehead atoms. The van der Waals surface area contributed by atoms with E-state index in [4.69, 9.17) is 0 Å². The zero-order chi connectivity index (χ0) is 11.6. The van der Waals surface area contributed by atoms with Crippen molar-refractivity contribution in [2.45, 2.75) is 24.2 Å². The number of hydrogen-bond donors (Lipinski definition) is 0. The second-order valence-corrected chi connectivity index (χ2v) is 5.78. The van der Waals surface area contributed by atoms with E-state index >= 15 is 0 Å². The minimum atomic E-state index is -3.38. The van der Waals surface area contributed by atoms with Crippen LogP contribution in [0, 0.1) is 0 Å². The van der Waals surface area contributed by atoms with Gasteiger partial charge in [0, 0.05) is 12.2 Å². The van der Waals surface area contributed by atoms with E-state index in [1.807, 2.05) is 6.07 Å². The molecule has 1 aliphatic rings. The molecular formula is C12H15NO2S. The number of sulfonamides is 1. The topological polar surface area (TPSA) is 37.4 Å². The first-order valence-corrected chi connectivity index (χ1v) is 6.82. The van der Waals surface area contributed by atoms with Crippen LogP contribution in [0.4, 0.5) is 0 Å². The SMILES string of the molecule is C=C1CCCCN1S(=O)(=O)c1ccccc1. The molecule has 3 nitrogen and oxygen atoms in total. The summed E-state index contributed by atoms with van der Waals surface area (Å²) in [4.78, 5) is 0.345. The summed E-state index contributed by atoms with van der Waals surface area (Å²) < 4.78 is 26.0. The van der Waals surface area contributed by atoms with Gasteiger partial charge in [-0.2, -0.15) is 0 Å². The first-order valence-electron chi connectivity index (χ1n) is 5.38. The van der Waals surface area contributed by atoms with Gasteiger partial charge in [-0.25, -0.2) is 8.42 Å². The molecule has 1 aliphatic heterocycles. The lowest BCUT2D eigenvalue weighted by Gasteiger charge is -2.29. The predicted octanol–water partition coefficient (Wildman–Crippen LogP) is 2.37. The summed E-state index contributed by atoms with van der Waals surface area (Å²) in [6, 6.07) is 8.53. The number of rotatable bonds is 2. The molecule has 0 amide bonds. The van der Waals surface area contributed by atoms with Crippen molar-refractivity contribution in [3.8, 4) is 0 Å². The maximum Gasteiger partial charge on any atom is 0.264 e. The lowest BCUT2D eigenvalue weighted by atomic mass is 10.1. The number of allylic oxidation sites excluding steroid dienone is 1. The highest BCUT2D eigenvalue weighted by Crippen LogP contribution is 2.26. The summed E-state index contributed by atoms with van der Waals surface area (Å²) in [7, 11) is -3.38. The molecule has 0 aromatic heterocycles. The standard InChI is InChI=1S/C12H15NO2S/c1-11-7-5-6-10-13(11)16(14,15)12-8-3-2-4-9-12/h2-4,8-9H,1,5-7,10H2. The Bertz CT molecular complexity index is 479. The normalized spacial score (nSPS) is 17.5. The summed E-state index contributed by atoms with van der Waals surface area (Å²) in [5.41, 5.74) is 0.704. The van der Waals surface area contributed by atoms with Gasteiger partial charge < -0.3 is 0 Å². The number of hydrogen-bond acceptors (Lipinski definition) is 2. The van der Waals surface area contributed by atoms with Crippen LogP contribution in [0.3, 0.4) is 0 Å². The maximum absolute atomic E-state index is 12.3. The Morgan fingerprint density at radius 2 is 1.81 bits per heavy atom. The molecule has 2 rings (SSSR count). The molecule has 0 atom stereocenters. The fourth-order valence-corrected chi connectivity index (χ4v) is 3.43. The lowest BCUT2D eigenvalue weighted by molar-refractivity contribution is 0.410. The average Bonchev–Trinajstić information content (AvgIpc) is 2.30. The monoisotopic (exact) mass is 237 g/mol. The Balaban J connectivity index is 2.35. The minimum absolute atomic E-state index is 0.345. The van der Waals surface area contributed by atoms with E-state index in [1.165, 1.54) is 4.31 Å². The van der Waals surface area contributed by atoms with E-state index in [1.54, 1.807) is 24.3 Å². The summed E-state index contributed by atoms with van der Waals surface area (Å²) in [6.07, 6.45) is 2.71. The van der Waals surface area contributed by atoms with E-state index in [-0.39, 0.29) is 0 Å². The molecule has 0 radical (unpaired) electrons. The van der Waals surface area contributed by atoms with Crippen molar-refractivity contribution in [3.63, 3.8) is 0 Å². The van der Waals surface area contributed by atoms with Crippen molar-refractivity contribution in [1.29, 1.82) is 0 Å². The van der Waals surface area contributed by atoms with E-state index in [0.717, 1.165) is 19.3 Å². The summed E-state index contributed by atoms with van der Waals surface area (Å²) in [6.45, 7) is 4.39. The summed E-state index contributed by atoms with van der Waals surface area (Å²) in [5.74, 6) is 0. The number of piperidine rings is 1.